The molecule has 1 N–H and O–H groups in total. The summed E-state index contributed by atoms with van der Waals surface area (Å²) >= 11 is 0. The summed E-state index contributed by atoms with van der Waals surface area (Å²) in [6, 6.07) is 21.1. The maximum absolute atomic E-state index is 12.9. The third-order valence-corrected chi connectivity index (χ3v) is 4.50. The van der Waals surface area contributed by atoms with Crippen molar-refractivity contribution in [1.82, 2.24) is 20.2 Å². The number of nitrogens with one attached hydrogen (secondary N) is 1. The van der Waals surface area contributed by atoms with E-state index in [0.717, 1.165) is 11.3 Å². The normalized spacial score (nSPS) is 10.5. The third-order valence-electron chi connectivity index (χ3n) is 4.50. The number of amides is 1. The first-order valence-electron chi connectivity index (χ1n) is 8.97. The van der Waals surface area contributed by atoms with Crippen molar-refractivity contribution in [2.75, 3.05) is 5.32 Å². The highest BCUT2D eigenvalue weighted by Crippen LogP contribution is 2.20. The largest absolute Gasteiger partial charge is 0.322 e. The van der Waals surface area contributed by atoms with Crippen LogP contribution in [0, 0.1) is 6.92 Å². The van der Waals surface area contributed by atoms with Gasteiger partial charge in [0.05, 0.1) is 11.3 Å². The van der Waals surface area contributed by atoms with E-state index in [0.29, 0.717) is 22.4 Å². The van der Waals surface area contributed by atoms with E-state index in [-0.39, 0.29) is 11.7 Å². The molecule has 0 atom stereocenters. The van der Waals surface area contributed by atoms with E-state index in [1.807, 2.05) is 25.1 Å². The second kappa shape index (κ2) is 7.85. The second-order valence-electron chi connectivity index (χ2n) is 6.45. The SMILES string of the molecule is Cc1cc(NC(=O)c2ccccc2C(=O)c2ccccc2)ccc1-n1cnnn1. The number of nitrogens with zero attached hydrogens (tertiary/aromatic N) is 4. The fraction of sp³-hybridized carbons (Fsp3) is 0.0455. The Balaban J connectivity index is 1.60. The quantitative estimate of drug-likeness (QED) is 0.533. The number of hydrogen-bond donors (Lipinski definition) is 1. The van der Waals surface area contributed by atoms with Crippen LogP contribution in [0.25, 0.3) is 5.69 Å². The number of carbonyl (C=O) groups excluding carboxylic acids is 2. The second-order valence-corrected chi connectivity index (χ2v) is 6.45. The zero-order valence-electron chi connectivity index (χ0n) is 15.6. The monoisotopic (exact) mass is 383 g/mol. The molecule has 142 valence electrons. The Morgan fingerprint density at radius 1 is 0.897 bits per heavy atom. The molecule has 1 heterocycles. The highest BCUT2D eigenvalue weighted by Gasteiger charge is 2.18. The molecule has 7 nitrogen and oxygen atoms in total. The Kier molecular flexibility index (Phi) is 4.94. The smallest absolute Gasteiger partial charge is 0.256 e. The van der Waals surface area contributed by atoms with Gasteiger partial charge >= 0.3 is 0 Å². The van der Waals surface area contributed by atoms with Gasteiger partial charge in [-0.15, -0.1) is 5.10 Å². The molecule has 0 aliphatic heterocycles. The average molecular weight is 383 g/mol. The van der Waals surface area contributed by atoms with Crippen molar-refractivity contribution in [2.45, 2.75) is 6.92 Å². The van der Waals surface area contributed by atoms with Gasteiger partial charge in [-0.05, 0) is 47.2 Å². The summed E-state index contributed by atoms with van der Waals surface area (Å²) in [7, 11) is 0. The molecule has 0 unspecified atom stereocenters. The van der Waals surface area contributed by atoms with Crippen molar-refractivity contribution in [3.8, 4) is 5.69 Å². The van der Waals surface area contributed by atoms with E-state index in [2.05, 4.69) is 20.8 Å². The lowest BCUT2D eigenvalue weighted by Crippen LogP contribution is -2.17. The van der Waals surface area contributed by atoms with Crippen LogP contribution in [0.5, 0.6) is 0 Å². The first kappa shape index (κ1) is 18.2. The molecule has 29 heavy (non-hydrogen) atoms. The first-order valence-corrected chi connectivity index (χ1v) is 8.97. The molecule has 0 saturated carbocycles. The van der Waals surface area contributed by atoms with E-state index in [1.54, 1.807) is 59.3 Å². The Morgan fingerprint density at radius 2 is 1.62 bits per heavy atom. The molecule has 0 bridgehead atoms. The number of ketones is 1. The fourth-order valence-corrected chi connectivity index (χ4v) is 3.08. The van der Waals surface area contributed by atoms with Gasteiger partial charge < -0.3 is 5.32 Å². The van der Waals surface area contributed by atoms with Crippen molar-refractivity contribution in [1.29, 1.82) is 0 Å². The van der Waals surface area contributed by atoms with Crippen LogP contribution in [-0.2, 0) is 0 Å². The number of anilines is 1. The molecule has 7 heteroatoms. The molecular formula is C22H17N5O2. The van der Waals surface area contributed by atoms with Crippen LogP contribution in [-0.4, -0.2) is 31.9 Å². The van der Waals surface area contributed by atoms with Crippen molar-refractivity contribution in [2.24, 2.45) is 0 Å². The van der Waals surface area contributed by atoms with Crippen LogP contribution < -0.4 is 5.32 Å². The van der Waals surface area contributed by atoms with Gasteiger partial charge in [0.15, 0.2) is 5.78 Å². The van der Waals surface area contributed by atoms with Crippen LogP contribution >= 0.6 is 0 Å². The maximum Gasteiger partial charge on any atom is 0.256 e. The standard InChI is InChI=1S/C22H17N5O2/c1-15-13-17(11-12-20(15)27-14-23-25-26-27)24-22(29)19-10-6-5-9-18(19)21(28)16-7-3-2-4-8-16/h2-14H,1H3,(H,24,29). The van der Waals surface area contributed by atoms with Gasteiger partial charge in [-0.25, -0.2) is 4.68 Å². The van der Waals surface area contributed by atoms with Gasteiger partial charge in [0.25, 0.3) is 5.91 Å². The summed E-state index contributed by atoms with van der Waals surface area (Å²) in [4.78, 5) is 25.7. The maximum atomic E-state index is 12.9. The van der Waals surface area contributed by atoms with Gasteiger partial charge in [0.2, 0.25) is 0 Å². The summed E-state index contributed by atoms with van der Waals surface area (Å²) in [6.45, 7) is 1.90. The number of carbonyl (C=O) groups is 2. The minimum Gasteiger partial charge on any atom is -0.322 e. The number of rotatable bonds is 5. The molecule has 0 radical (unpaired) electrons. The molecule has 0 aliphatic rings. The van der Waals surface area contributed by atoms with Crippen molar-refractivity contribution in [3.63, 3.8) is 0 Å². The van der Waals surface area contributed by atoms with E-state index < -0.39 is 0 Å². The molecule has 0 aliphatic carbocycles. The fourth-order valence-electron chi connectivity index (χ4n) is 3.08. The van der Waals surface area contributed by atoms with Crippen molar-refractivity contribution >= 4 is 17.4 Å². The van der Waals surface area contributed by atoms with Gasteiger partial charge in [-0.3, -0.25) is 9.59 Å². The molecular weight excluding hydrogens is 366 g/mol. The van der Waals surface area contributed by atoms with Crippen LogP contribution in [0.1, 0.15) is 31.8 Å². The predicted octanol–water partition coefficient (Wildman–Crippen LogP) is 3.45. The molecule has 4 aromatic rings. The summed E-state index contributed by atoms with van der Waals surface area (Å²) in [5.74, 6) is -0.541. The Morgan fingerprint density at radius 3 is 2.31 bits per heavy atom. The molecule has 1 aromatic heterocycles. The van der Waals surface area contributed by atoms with Crippen LogP contribution in [0.4, 0.5) is 5.69 Å². The number of tetrazole rings is 1. The average Bonchev–Trinajstić information content (AvgIpc) is 3.28. The van der Waals surface area contributed by atoms with Gasteiger partial charge in [0.1, 0.15) is 6.33 Å². The Bertz CT molecular complexity index is 1170. The van der Waals surface area contributed by atoms with E-state index in [9.17, 15) is 9.59 Å². The summed E-state index contributed by atoms with van der Waals surface area (Å²) < 4.78 is 1.55. The van der Waals surface area contributed by atoms with E-state index in [1.165, 1.54) is 6.33 Å². The lowest BCUT2D eigenvalue weighted by Gasteiger charge is -2.11. The molecule has 0 saturated heterocycles. The highest BCUT2D eigenvalue weighted by molar-refractivity contribution is 6.17. The Hall–Kier alpha value is -4.13. The minimum absolute atomic E-state index is 0.193. The zero-order chi connectivity index (χ0) is 20.2. The van der Waals surface area contributed by atoms with E-state index in [4.69, 9.17) is 0 Å². The van der Waals surface area contributed by atoms with Crippen LogP contribution in [0.3, 0.4) is 0 Å². The number of benzene rings is 3. The topological polar surface area (TPSA) is 89.8 Å². The lowest BCUT2D eigenvalue weighted by atomic mass is 9.98. The van der Waals surface area contributed by atoms with Crippen molar-refractivity contribution in [3.05, 3.63) is 101 Å². The molecule has 4 rings (SSSR count). The molecule has 1 amide bonds. The van der Waals surface area contributed by atoms with Crippen molar-refractivity contribution < 1.29 is 9.59 Å². The summed E-state index contributed by atoms with van der Waals surface area (Å²) in [6.07, 6.45) is 1.51. The summed E-state index contributed by atoms with van der Waals surface area (Å²) in [5, 5.41) is 14.0. The van der Waals surface area contributed by atoms with E-state index >= 15 is 0 Å². The number of hydrogen-bond acceptors (Lipinski definition) is 5. The van der Waals surface area contributed by atoms with Gasteiger partial charge in [-0.1, -0.05) is 48.5 Å². The zero-order valence-corrected chi connectivity index (χ0v) is 15.6. The van der Waals surface area contributed by atoms with Crippen LogP contribution in [0.2, 0.25) is 0 Å². The van der Waals surface area contributed by atoms with Gasteiger partial charge in [0, 0.05) is 16.8 Å². The number of aromatic nitrogens is 4. The minimum atomic E-state index is -0.348. The van der Waals surface area contributed by atoms with Gasteiger partial charge in [-0.2, -0.15) is 0 Å². The van der Waals surface area contributed by atoms with Crippen LogP contribution in [0.15, 0.2) is 79.1 Å². The first-order chi connectivity index (χ1) is 14.1. The molecule has 0 fully saturated rings. The Labute approximate surface area is 167 Å². The highest BCUT2D eigenvalue weighted by atomic mass is 16.2. The third kappa shape index (κ3) is 3.79. The summed E-state index contributed by atoms with van der Waals surface area (Å²) in [5.41, 5.74) is 3.54. The molecule has 0 spiro atoms. The predicted molar refractivity (Wildman–Crippen MR) is 108 cm³/mol. The molecule has 3 aromatic carbocycles. The number of aryl methyl sites for hydroxylation is 1. The lowest BCUT2D eigenvalue weighted by molar-refractivity contribution is 0.0996.